The van der Waals surface area contributed by atoms with E-state index in [-0.39, 0.29) is 0 Å². The first-order valence-electron chi connectivity index (χ1n) is 15.4. The first-order valence-corrected chi connectivity index (χ1v) is 15.4. The van der Waals surface area contributed by atoms with Crippen molar-refractivity contribution in [3.05, 3.63) is 157 Å². The molecule has 0 saturated heterocycles. The molecule has 2 aromatic heterocycles. The van der Waals surface area contributed by atoms with Gasteiger partial charge in [0, 0.05) is 44.6 Å². The quantitative estimate of drug-likeness (QED) is 0.143. The predicted molar refractivity (Wildman–Crippen MR) is 189 cm³/mol. The summed E-state index contributed by atoms with van der Waals surface area (Å²) in [4.78, 5) is 0. The summed E-state index contributed by atoms with van der Waals surface area (Å²) < 4.78 is 4.44. The summed E-state index contributed by atoms with van der Waals surface area (Å²) in [5.41, 5.74) is 7.47. The molecule has 0 spiro atoms. The number of rotatable bonds is 6. The highest BCUT2D eigenvalue weighted by molar-refractivity contribution is 6.20. The number of fused-ring (bicyclic) bond motifs is 8. The molecular weight excluding hydrogens is 560 g/mol. The molecule has 4 nitrogen and oxygen atoms in total. The minimum absolute atomic E-state index is 0.305. The molecule has 0 amide bonds. The fraction of sp³-hybridized carbons (Fsp3) is 0.0476. The van der Waals surface area contributed by atoms with E-state index in [1.54, 1.807) is 0 Å². The molecule has 0 atom stereocenters. The molecule has 8 rings (SSSR count). The van der Waals surface area contributed by atoms with Crippen LogP contribution in [0.1, 0.15) is 0 Å². The summed E-state index contributed by atoms with van der Waals surface area (Å²) in [6.45, 7) is 0.879. The van der Waals surface area contributed by atoms with Gasteiger partial charge in [0.2, 0.25) is 0 Å². The molecule has 0 fully saturated rings. The maximum absolute atomic E-state index is 10.3. The van der Waals surface area contributed by atoms with Gasteiger partial charge in [0.05, 0.1) is 29.3 Å². The van der Waals surface area contributed by atoms with Crippen LogP contribution in [0, 0.1) is 22.7 Å². The Morgan fingerprint density at radius 3 is 1.98 bits per heavy atom. The molecule has 0 saturated carbocycles. The van der Waals surface area contributed by atoms with Crippen molar-refractivity contribution in [3.63, 3.8) is 0 Å². The standard InChI is InChI=1S/C42H28N4/c43-26-32(14-10-24-45-39-19-9-7-17-36(39)42-34-15-5-4-13-30(34)20-23-41(42)45)33(27-44)28-46-38-18-8-6-16-35(38)37-25-31(21-22-40(37)46)29-11-2-1-3-12-29/h1-23,25H,24,28H2/b14-10-,33-32+. The van der Waals surface area contributed by atoms with Gasteiger partial charge in [-0.2, -0.15) is 10.5 Å². The van der Waals surface area contributed by atoms with Gasteiger partial charge >= 0.3 is 0 Å². The average Bonchev–Trinajstić information content (AvgIpc) is 3.61. The minimum Gasteiger partial charge on any atom is -0.337 e. The fourth-order valence-electron chi connectivity index (χ4n) is 6.87. The van der Waals surface area contributed by atoms with E-state index in [9.17, 15) is 10.5 Å². The van der Waals surface area contributed by atoms with Crippen molar-refractivity contribution in [2.75, 3.05) is 0 Å². The number of nitrogens with zero attached hydrogens (tertiary/aromatic N) is 4. The predicted octanol–water partition coefficient (Wildman–Crippen LogP) is 10.3. The molecule has 0 unspecified atom stereocenters. The summed E-state index contributed by atoms with van der Waals surface area (Å²) in [6, 6.07) is 51.1. The van der Waals surface area contributed by atoms with Crippen LogP contribution in [-0.2, 0) is 13.1 Å². The van der Waals surface area contributed by atoms with E-state index < -0.39 is 0 Å². The topological polar surface area (TPSA) is 57.4 Å². The summed E-state index contributed by atoms with van der Waals surface area (Å²) in [7, 11) is 0. The third-order valence-electron chi connectivity index (χ3n) is 9.01. The Labute approximate surface area is 266 Å². The lowest BCUT2D eigenvalue weighted by atomic mass is 10.0. The second-order valence-electron chi connectivity index (χ2n) is 11.5. The minimum atomic E-state index is 0.305. The number of allylic oxidation sites excluding steroid dienone is 4. The van der Waals surface area contributed by atoms with Crippen molar-refractivity contribution in [3.8, 4) is 23.3 Å². The zero-order valence-electron chi connectivity index (χ0n) is 25.1. The van der Waals surface area contributed by atoms with Crippen LogP contribution in [0.2, 0.25) is 0 Å². The van der Waals surface area contributed by atoms with Gasteiger partial charge < -0.3 is 9.13 Å². The highest BCUT2D eigenvalue weighted by Gasteiger charge is 2.15. The molecule has 0 radical (unpaired) electrons. The van der Waals surface area contributed by atoms with E-state index in [1.165, 1.54) is 21.5 Å². The van der Waals surface area contributed by atoms with E-state index in [0.717, 1.165) is 44.0 Å². The van der Waals surface area contributed by atoms with E-state index in [1.807, 2.05) is 42.5 Å². The maximum atomic E-state index is 10.3. The summed E-state index contributed by atoms with van der Waals surface area (Å²) in [6.07, 6.45) is 3.80. The number of hydrogen-bond acceptors (Lipinski definition) is 2. The van der Waals surface area contributed by atoms with Crippen LogP contribution in [-0.4, -0.2) is 9.13 Å². The molecule has 4 heteroatoms. The second-order valence-corrected chi connectivity index (χ2v) is 11.5. The largest absolute Gasteiger partial charge is 0.337 e. The van der Waals surface area contributed by atoms with Crippen LogP contribution in [0.4, 0.5) is 0 Å². The van der Waals surface area contributed by atoms with Gasteiger partial charge in [-0.3, -0.25) is 0 Å². The molecule has 0 aliphatic carbocycles. The number of hydrogen-bond donors (Lipinski definition) is 0. The average molecular weight is 589 g/mol. The van der Waals surface area contributed by atoms with Crippen molar-refractivity contribution in [2.24, 2.45) is 0 Å². The molecule has 0 aliphatic rings. The monoisotopic (exact) mass is 588 g/mol. The van der Waals surface area contributed by atoms with Crippen LogP contribution in [0.15, 0.2) is 157 Å². The van der Waals surface area contributed by atoms with E-state index >= 15 is 0 Å². The van der Waals surface area contributed by atoms with Crippen molar-refractivity contribution < 1.29 is 0 Å². The Bertz CT molecular complexity index is 2600. The molecule has 0 aliphatic heterocycles. The lowest BCUT2D eigenvalue weighted by molar-refractivity contribution is 0.865. The van der Waals surface area contributed by atoms with Gasteiger partial charge in [0.25, 0.3) is 0 Å². The Hall–Kier alpha value is -6.36. The van der Waals surface area contributed by atoms with Crippen molar-refractivity contribution >= 4 is 54.4 Å². The zero-order chi connectivity index (χ0) is 31.0. The highest BCUT2D eigenvalue weighted by atomic mass is 15.0. The smallest absolute Gasteiger partial charge is 0.100 e. The first-order chi connectivity index (χ1) is 22.7. The second kappa shape index (κ2) is 11.3. The third kappa shape index (κ3) is 4.44. The lowest BCUT2D eigenvalue weighted by Gasteiger charge is -2.09. The van der Waals surface area contributed by atoms with E-state index in [4.69, 9.17) is 0 Å². The van der Waals surface area contributed by atoms with E-state index in [2.05, 4.69) is 124 Å². The number of nitriles is 2. The number of benzene rings is 6. The first kappa shape index (κ1) is 27.2. The Morgan fingerprint density at radius 2 is 1.20 bits per heavy atom. The molecule has 0 bridgehead atoms. The maximum Gasteiger partial charge on any atom is 0.100 e. The molecular formula is C42H28N4. The Morgan fingerprint density at radius 1 is 0.543 bits per heavy atom. The van der Waals surface area contributed by atoms with Gasteiger partial charge in [-0.25, -0.2) is 0 Å². The lowest BCUT2D eigenvalue weighted by Crippen LogP contribution is -2.02. The van der Waals surface area contributed by atoms with Crippen molar-refractivity contribution in [1.82, 2.24) is 9.13 Å². The fourth-order valence-corrected chi connectivity index (χ4v) is 6.87. The molecule has 8 aromatic rings. The Kier molecular flexibility index (Phi) is 6.68. The van der Waals surface area contributed by atoms with Gasteiger partial charge in [-0.1, -0.05) is 109 Å². The van der Waals surface area contributed by atoms with Gasteiger partial charge in [0.15, 0.2) is 0 Å². The highest BCUT2D eigenvalue weighted by Crippen LogP contribution is 2.36. The molecule has 216 valence electrons. The van der Waals surface area contributed by atoms with Crippen LogP contribution >= 0.6 is 0 Å². The van der Waals surface area contributed by atoms with Gasteiger partial charge in [-0.05, 0) is 58.3 Å². The van der Waals surface area contributed by atoms with Crippen LogP contribution in [0.3, 0.4) is 0 Å². The SMILES string of the molecule is N#CC(/C=C\Cn1c2ccccc2c2c3ccccc3ccc21)=C(\C#N)Cn1c2ccccc2c2cc(-c3ccccc3)ccc21. The molecule has 0 N–H and O–H groups in total. The summed E-state index contributed by atoms with van der Waals surface area (Å²) >= 11 is 0. The van der Waals surface area contributed by atoms with Gasteiger partial charge in [-0.15, -0.1) is 0 Å². The molecule has 46 heavy (non-hydrogen) atoms. The number of aromatic nitrogens is 2. The summed E-state index contributed by atoms with van der Waals surface area (Å²) in [5.74, 6) is 0. The third-order valence-corrected chi connectivity index (χ3v) is 9.01. The normalized spacial score (nSPS) is 12.3. The van der Waals surface area contributed by atoms with E-state index in [0.29, 0.717) is 24.2 Å². The van der Waals surface area contributed by atoms with Crippen molar-refractivity contribution in [1.29, 1.82) is 10.5 Å². The van der Waals surface area contributed by atoms with Crippen molar-refractivity contribution in [2.45, 2.75) is 13.1 Å². The van der Waals surface area contributed by atoms with Crippen LogP contribution in [0.25, 0.3) is 65.5 Å². The number of para-hydroxylation sites is 2. The van der Waals surface area contributed by atoms with Crippen LogP contribution in [0.5, 0.6) is 0 Å². The summed E-state index contributed by atoms with van der Waals surface area (Å²) in [5, 5.41) is 27.7. The Balaban J connectivity index is 1.18. The molecule has 6 aromatic carbocycles. The zero-order valence-corrected chi connectivity index (χ0v) is 25.1. The van der Waals surface area contributed by atoms with Gasteiger partial charge in [0.1, 0.15) is 6.07 Å². The molecule has 2 heterocycles. The van der Waals surface area contributed by atoms with Crippen LogP contribution < -0.4 is 0 Å².